The predicted octanol–water partition coefficient (Wildman–Crippen LogP) is 0.734. The van der Waals surface area contributed by atoms with E-state index < -0.39 is 11.8 Å². The number of imidazole rings is 1. The summed E-state index contributed by atoms with van der Waals surface area (Å²) in [5.74, 6) is -1.33. The Morgan fingerprint density at radius 3 is 2.62 bits per heavy atom. The zero-order chi connectivity index (χ0) is 15.1. The summed E-state index contributed by atoms with van der Waals surface area (Å²) in [4.78, 5) is 27.1. The van der Waals surface area contributed by atoms with Gasteiger partial charge in [-0.15, -0.1) is 0 Å². The summed E-state index contributed by atoms with van der Waals surface area (Å²) >= 11 is 0. The quantitative estimate of drug-likeness (QED) is 0.429. The smallest absolute Gasteiger partial charge is 0.313 e. The van der Waals surface area contributed by atoms with Gasteiger partial charge in [-0.1, -0.05) is 0 Å². The Bertz CT molecular complexity index is 593. The Balaban J connectivity index is 1.70. The Labute approximate surface area is 121 Å². The third-order valence-corrected chi connectivity index (χ3v) is 2.77. The lowest BCUT2D eigenvalue weighted by Gasteiger charge is -2.07. The fraction of sp³-hybridized carbons (Fsp3) is 0.214. The number of nitrogens with one attached hydrogen (secondary N) is 2. The van der Waals surface area contributed by atoms with Gasteiger partial charge in [-0.2, -0.15) is 0 Å². The number of aryl methyl sites for hydroxylation is 1. The molecule has 0 fully saturated rings. The van der Waals surface area contributed by atoms with E-state index in [0.717, 1.165) is 6.54 Å². The van der Waals surface area contributed by atoms with Crippen LogP contribution in [0.2, 0.25) is 0 Å². The number of aromatic hydroxyl groups is 1. The minimum absolute atomic E-state index is 0.0944. The molecule has 1 heterocycles. The summed E-state index contributed by atoms with van der Waals surface area (Å²) in [6.45, 7) is 1.12. The number of nitrogens with zero attached hydrogens (tertiary/aromatic N) is 2. The van der Waals surface area contributed by atoms with Gasteiger partial charge in [-0.3, -0.25) is 9.59 Å². The second-order valence-electron chi connectivity index (χ2n) is 4.41. The van der Waals surface area contributed by atoms with Gasteiger partial charge in [0.1, 0.15) is 5.75 Å². The van der Waals surface area contributed by atoms with Gasteiger partial charge in [0.15, 0.2) is 0 Å². The molecule has 3 N–H and O–H groups in total. The molecule has 0 aliphatic heterocycles. The van der Waals surface area contributed by atoms with Crippen molar-refractivity contribution in [3.05, 3.63) is 43.0 Å². The number of carbonyl (C=O) groups is 2. The second kappa shape index (κ2) is 7.09. The summed E-state index contributed by atoms with van der Waals surface area (Å²) in [7, 11) is 0. The van der Waals surface area contributed by atoms with E-state index in [0.29, 0.717) is 18.7 Å². The van der Waals surface area contributed by atoms with Crippen LogP contribution in [0.4, 0.5) is 5.69 Å². The molecule has 2 aromatic rings. The maximum Gasteiger partial charge on any atom is 0.313 e. The summed E-state index contributed by atoms with van der Waals surface area (Å²) in [6, 6.07) is 5.89. The molecule has 0 aliphatic carbocycles. The molecule has 0 aliphatic rings. The predicted molar refractivity (Wildman–Crippen MR) is 76.6 cm³/mol. The molecule has 0 unspecified atom stereocenters. The van der Waals surface area contributed by atoms with Crippen LogP contribution in [0.15, 0.2) is 43.0 Å². The van der Waals surface area contributed by atoms with E-state index in [4.69, 9.17) is 5.11 Å². The van der Waals surface area contributed by atoms with Gasteiger partial charge in [-0.05, 0) is 30.7 Å². The number of aromatic nitrogens is 2. The zero-order valence-corrected chi connectivity index (χ0v) is 11.3. The van der Waals surface area contributed by atoms with Crippen LogP contribution in [0.5, 0.6) is 5.75 Å². The highest BCUT2D eigenvalue weighted by Crippen LogP contribution is 2.13. The topological polar surface area (TPSA) is 96.2 Å². The highest BCUT2D eigenvalue weighted by Gasteiger charge is 2.12. The third-order valence-electron chi connectivity index (χ3n) is 2.77. The van der Waals surface area contributed by atoms with Crippen molar-refractivity contribution in [2.45, 2.75) is 13.0 Å². The molecule has 0 saturated heterocycles. The molecule has 2 rings (SSSR count). The van der Waals surface area contributed by atoms with Crippen LogP contribution in [-0.4, -0.2) is 33.0 Å². The van der Waals surface area contributed by atoms with Crippen molar-refractivity contribution in [1.29, 1.82) is 0 Å². The number of benzene rings is 1. The first-order chi connectivity index (χ1) is 10.1. The van der Waals surface area contributed by atoms with E-state index in [2.05, 4.69) is 15.6 Å². The Hall–Kier alpha value is -2.83. The van der Waals surface area contributed by atoms with Crippen LogP contribution < -0.4 is 10.6 Å². The van der Waals surface area contributed by atoms with Gasteiger partial charge in [-0.25, -0.2) is 4.98 Å². The number of phenols is 1. The molecule has 1 aromatic heterocycles. The van der Waals surface area contributed by atoms with E-state index in [1.165, 1.54) is 24.3 Å². The van der Waals surface area contributed by atoms with Crippen LogP contribution in [0.25, 0.3) is 0 Å². The van der Waals surface area contributed by atoms with Gasteiger partial charge < -0.3 is 20.3 Å². The molecule has 2 amide bonds. The molecule has 0 spiro atoms. The molecule has 0 saturated carbocycles. The maximum absolute atomic E-state index is 11.6. The van der Waals surface area contributed by atoms with Crippen molar-refractivity contribution in [2.24, 2.45) is 0 Å². The van der Waals surface area contributed by atoms with Gasteiger partial charge in [0.25, 0.3) is 0 Å². The molecule has 0 atom stereocenters. The normalized spacial score (nSPS) is 10.1. The first-order valence-corrected chi connectivity index (χ1v) is 6.49. The van der Waals surface area contributed by atoms with Crippen LogP contribution in [0.1, 0.15) is 6.42 Å². The minimum atomic E-state index is -0.733. The SMILES string of the molecule is O=C(NCCCn1ccnc1)C(=O)Nc1ccc(O)cc1. The molecular weight excluding hydrogens is 272 g/mol. The van der Waals surface area contributed by atoms with Crippen LogP contribution in [-0.2, 0) is 16.1 Å². The molecule has 0 bridgehead atoms. The fourth-order valence-corrected chi connectivity index (χ4v) is 1.70. The first kappa shape index (κ1) is 14.6. The lowest BCUT2D eigenvalue weighted by Crippen LogP contribution is -2.36. The second-order valence-corrected chi connectivity index (χ2v) is 4.41. The number of hydrogen-bond acceptors (Lipinski definition) is 4. The molecular formula is C14H16N4O3. The van der Waals surface area contributed by atoms with Gasteiger partial charge in [0.05, 0.1) is 6.33 Å². The monoisotopic (exact) mass is 288 g/mol. The summed E-state index contributed by atoms with van der Waals surface area (Å²) in [6.07, 6.45) is 5.91. The number of anilines is 1. The lowest BCUT2D eigenvalue weighted by atomic mass is 10.3. The molecule has 21 heavy (non-hydrogen) atoms. The van der Waals surface area contributed by atoms with E-state index in [9.17, 15) is 9.59 Å². The van der Waals surface area contributed by atoms with Crippen LogP contribution >= 0.6 is 0 Å². The number of hydrogen-bond donors (Lipinski definition) is 3. The van der Waals surface area contributed by atoms with Crippen molar-refractivity contribution in [1.82, 2.24) is 14.9 Å². The number of amides is 2. The lowest BCUT2D eigenvalue weighted by molar-refractivity contribution is -0.136. The number of phenolic OH excluding ortho intramolecular Hbond substituents is 1. The molecule has 7 nitrogen and oxygen atoms in total. The van der Waals surface area contributed by atoms with Crippen molar-refractivity contribution < 1.29 is 14.7 Å². The van der Waals surface area contributed by atoms with E-state index >= 15 is 0 Å². The molecule has 1 aromatic carbocycles. The Kier molecular flexibility index (Phi) is 4.92. The molecule has 0 radical (unpaired) electrons. The van der Waals surface area contributed by atoms with Gasteiger partial charge >= 0.3 is 11.8 Å². The third kappa shape index (κ3) is 4.64. The maximum atomic E-state index is 11.6. The van der Waals surface area contributed by atoms with Crippen molar-refractivity contribution in [3.8, 4) is 5.75 Å². The average molecular weight is 288 g/mol. The fourth-order valence-electron chi connectivity index (χ4n) is 1.70. The zero-order valence-electron chi connectivity index (χ0n) is 11.3. The van der Waals surface area contributed by atoms with Crippen molar-refractivity contribution >= 4 is 17.5 Å². The number of carbonyl (C=O) groups excluding carboxylic acids is 2. The van der Waals surface area contributed by atoms with Gasteiger partial charge in [0, 0.05) is 31.2 Å². The largest absolute Gasteiger partial charge is 0.508 e. The molecule has 110 valence electrons. The van der Waals surface area contributed by atoms with Crippen LogP contribution in [0.3, 0.4) is 0 Å². The Morgan fingerprint density at radius 1 is 1.19 bits per heavy atom. The van der Waals surface area contributed by atoms with E-state index in [1.807, 2.05) is 10.8 Å². The van der Waals surface area contributed by atoms with Crippen molar-refractivity contribution in [2.75, 3.05) is 11.9 Å². The minimum Gasteiger partial charge on any atom is -0.508 e. The number of rotatable bonds is 5. The van der Waals surface area contributed by atoms with E-state index in [-0.39, 0.29) is 5.75 Å². The molecule has 7 heteroatoms. The average Bonchev–Trinajstić information content (AvgIpc) is 2.99. The standard InChI is InChI=1S/C14H16N4O3/c19-12-4-2-11(3-5-12)17-14(21)13(20)16-6-1-8-18-9-7-15-10-18/h2-5,7,9-10,19H,1,6,8H2,(H,16,20)(H,17,21). The van der Waals surface area contributed by atoms with Crippen LogP contribution in [0, 0.1) is 0 Å². The Morgan fingerprint density at radius 2 is 1.95 bits per heavy atom. The highest BCUT2D eigenvalue weighted by atomic mass is 16.3. The highest BCUT2D eigenvalue weighted by molar-refractivity contribution is 6.39. The summed E-state index contributed by atoms with van der Waals surface area (Å²) in [5, 5.41) is 14.1. The summed E-state index contributed by atoms with van der Waals surface area (Å²) < 4.78 is 1.89. The van der Waals surface area contributed by atoms with E-state index in [1.54, 1.807) is 12.5 Å². The first-order valence-electron chi connectivity index (χ1n) is 6.49. The van der Waals surface area contributed by atoms with Gasteiger partial charge in [0.2, 0.25) is 0 Å². The summed E-state index contributed by atoms with van der Waals surface area (Å²) in [5.41, 5.74) is 0.450. The van der Waals surface area contributed by atoms with Crippen molar-refractivity contribution in [3.63, 3.8) is 0 Å².